The fourth-order valence-corrected chi connectivity index (χ4v) is 0.942. The molecular formula is C8H8FNO2. The van der Waals surface area contributed by atoms with Crippen LogP contribution in [0.5, 0.6) is 0 Å². The van der Waals surface area contributed by atoms with Crippen LogP contribution in [0.1, 0.15) is 15.9 Å². The van der Waals surface area contributed by atoms with E-state index >= 15 is 0 Å². The highest BCUT2D eigenvalue weighted by molar-refractivity contribution is 5.94. The molecule has 0 heterocycles. The molecule has 0 saturated heterocycles. The molecule has 0 aliphatic rings. The summed E-state index contributed by atoms with van der Waals surface area (Å²) in [6.07, 6.45) is 0. The zero-order chi connectivity index (χ0) is 9.14. The van der Waals surface area contributed by atoms with Crippen LogP contribution in [-0.4, -0.2) is 11.1 Å². The van der Waals surface area contributed by atoms with Gasteiger partial charge < -0.3 is 0 Å². The number of amides is 1. The summed E-state index contributed by atoms with van der Waals surface area (Å²) in [5, 5.41) is 8.29. The third-order valence-electron chi connectivity index (χ3n) is 1.53. The number of rotatable bonds is 1. The van der Waals surface area contributed by atoms with Gasteiger partial charge in [0.25, 0.3) is 5.91 Å². The number of carbonyl (C=O) groups excluding carboxylic acids is 1. The van der Waals surface area contributed by atoms with Crippen LogP contribution >= 0.6 is 0 Å². The van der Waals surface area contributed by atoms with Crippen LogP contribution in [0.25, 0.3) is 0 Å². The normalized spacial score (nSPS) is 9.58. The molecule has 0 radical (unpaired) electrons. The number of hydrogen-bond acceptors (Lipinski definition) is 2. The zero-order valence-corrected chi connectivity index (χ0v) is 6.47. The fraction of sp³-hybridized carbons (Fsp3) is 0.125. The number of nitrogens with one attached hydrogen (secondary N) is 1. The fourth-order valence-electron chi connectivity index (χ4n) is 0.942. The van der Waals surface area contributed by atoms with Gasteiger partial charge in [-0.15, -0.1) is 0 Å². The van der Waals surface area contributed by atoms with Crippen LogP contribution in [0, 0.1) is 12.7 Å². The Kier molecular flexibility index (Phi) is 2.40. The number of hydrogen-bond donors (Lipinski definition) is 2. The van der Waals surface area contributed by atoms with E-state index in [1.54, 1.807) is 6.92 Å². The topological polar surface area (TPSA) is 49.3 Å². The largest absolute Gasteiger partial charge is 0.288 e. The van der Waals surface area contributed by atoms with Crippen molar-refractivity contribution in [1.82, 2.24) is 5.48 Å². The minimum atomic E-state index is -0.632. The molecule has 1 aromatic rings. The van der Waals surface area contributed by atoms with Crippen molar-refractivity contribution in [3.63, 3.8) is 0 Å². The van der Waals surface area contributed by atoms with Crippen molar-refractivity contribution in [2.45, 2.75) is 6.92 Å². The van der Waals surface area contributed by atoms with Crippen LogP contribution in [0.4, 0.5) is 4.39 Å². The molecule has 1 amide bonds. The molecule has 1 aromatic carbocycles. The third kappa shape index (κ3) is 1.60. The quantitative estimate of drug-likeness (QED) is 0.491. The SMILES string of the molecule is Cc1cc(F)ccc1C(=O)NO. The van der Waals surface area contributed by atoms with Crippen molar-refractivity contribution in [3.8, 4) is 0 Å². The second kappa shape index (κ2) is 3.32. The Balaban J connectivity index is 3.09. The van der Waals surface area contributed by atoms with Crippen molar-refractivity contribution in [2.24, 2.45) is 0 Å². The molecule has 1 rings (SSSR count). The molecular weight excluding hydrogens is 161 g/mol. The zero-order valence-electron chi connectivity index (χ0n) is 6.47. The Morgan fingerprint density at radius 2 is 2.25 bits per heavy atom. The smallest absolute Gasteiger partial charge is 0.274 e. The maximum Gasteiger partial charge on any atom is 0.274 e. The van der Waals surface area contributed by atoms with Crippen LogP contribution in [0.2, 0.25) is 0 Å². The van der Waals surface area contributed by atoms with Gasteiger partial charge in [0.15, 0.2) is 0 Å². The first-order chi connectivity index (χ1) is 5.65. The number of benzene rings is 1. The van der Waals surface area contributed by atoms with E-state index in [2.05, 4.69) is 0 Å². The third-order valence-corrected chi connectivity index (χ3v) is 1.53. The Bertz CT molecular complexity index is 312. The van der Waals surface area contributed by atoms with Crippen molar-refractivity contribution >= 4 is 5.91 Å². The summed E-state index contributed by atoms with van der Waals surface area (Å²) in [7, 11) is 0. The lowest BCUT2D eigenvalue weighted by Gasteiger charge is -2.02. The Labute approximate surface area is 68.8 Å². The van der Waals surface area contributed by atoms with Gasteiger partial charge in [-0.25, -0.2) is 9.87 Å². The van der Waals surface area contributed by atoms with E-state index in [-0.39, 0.29) is 5.56 Å². The maximum absolute atomic E-state index is 12.5. The number of aryl methyl sites for hydroxylation is 1. The molecule has 0 spiro atoms. The highest BCUT2D eigenvalue weighted by atomic mass is 19.1. The van der Waals surface area contributed by atoms with Gasteiger partial charge in [-0.1, -0.05) is 0 Å². The van der Waals surface area contributed by atoms with Gasteiger partial charge in [-0.2, -0.15) is 0 Å². The lowest BCUT2D eigenvalue weighted by atomic mass is 10.1. The Morgan fingerprint density at radius 1 is 1.58 bits per heavy atom. The molecule has 3 nitrogen and oxygen atoms in total. The van der Waals surface area contributed by atoms with Gasteiger partial charge in [0.05, 0.1) is 0 Å². The Morgan fingerprint density at radius 3 is 2.75 bits per heavy atom. The van der Waals surface area contributed by atoms with Crippen molar-refractivity contribution in [2.75, 3.05) is 0 Å². The minimum Gasteiger partial charge on any atom is -0.288 e. The first-order valence-corrected chi connectivity index (χ1v) is 3.35. The van der Waals surface area contributed by atoms with Crippen molar-refractivity contribution < 1.29 is 14.4 Å². The van der Waals surface area contributed by atoms with Crippen LogP contribution in [-0.2, 0) is 0 Å². The first-order valence-electron chi connectivity index (χ1n) is 3.35. The molecule has 0 unspecified atom stereocenters. The van der Waals surface area contributed by atoms with Gasteiger partial charge in [-0.3, -0.25) is 10.0 Å². The summed E-state index contributed by atoms with van der Waals surface area (Å²) in [5.41, 5.74) is 2.23. The van der Waals surface area contributed by atoms with Gasteiger partial charge in [0.2, 0.25) is 0 Å². The van der Waals surface area contributed by atoms with E-state index in [0.29, 0.717) is 5.56 Å². The molecule has 2 N–H and O–H groups in total. The molecule has 0 bridgehead atoms. The first kappa shape index (κ1) is 8.67. The predicted octanol–water partition coefficient (Wildman–Crippen LogP) is 1.25. The van der Waals surface area contributed by atoms with E-state index < -0.39 is 11.7 Å². The van der Waals surface area contributed by atoms with Gasteiger partial charge in [0, 0.05) is 5.56 Å². The number of carbonyl (C=O) groups is 1. The van der Waals surface area contributed by atoms with Gasteiger partial charge in [-0.05, 0) is 30.7 Å². The summed E-state index contributed by atoms with van der Waals surface area (Å²) >= 11 is 0. The summed E-state index contributed by atoms with van der Waals surface area (Å²) in [5.74, 6) is -1.03. The monoisotopic (exact) mass is 169 g/mol. The van der Waals surface area contributed by atoms with Gasteiger partial charge >= 0.3 is 0 Å². The standard InChI is InChI=1S/C8H8FNO2/c1-5-4-6(9)2-3-7(5)8(11)10-12/h2-4,12H,1H3,(H,10,11). The molecule has 64 valence electrons. The molecule has 0 atom stereocenters. The average Bonchev–Trinajstić information content (AvgIpc) is 2.03. The van der Waals surface area contributed by atoms with E-state index in [9.17, 15) is 9.18 Å². The van der Waals surface area contributed by atoms with Crippen LogP contribution < -0.4 is 5.48 Å². The number of hydroxylamine groups is 1. The van der Waals surface area contributed by atoms with Crippen molar-refractivity contribution in [1.29, 1.82) is 0 Å². The maximum atomic E-state index is 12.5. The van der Waals surface area contributed by atoms with E-state index in [4.69, 9.17) is 5.21 Å². The molecule has 12 heavy (non-hydrogen) atoms. The second-order valence-corrected chi connectivity index (χ2v) is 2.40. The lowest BCUT2D eigenvalue weighted by molar-refractivity contribution is 0.0705. The highest BCUT2D eigenvalue weighted by Gasteiger charge is 2.07. The molecule has 0 fully saturated rings. The van der Waals surface area contributed by atoms with E-state index in [0.717, 1.165) is 6.07 Å². The molecule has 0 saturated carbocycles. The van der Waals surface area contributed by atoms with E-state index in [1.165, 1.54) is 17.6 Å². The molecule has 4 heteroatoms. The molecule has 0 aromatic heterocycles. The molecule has 0 aliphatic heterocycles. The summed E-state index contributed by atoms with van der Waals surface area (Å²) < 4.78 is 12.5. The Hall–Kier alpha value is -1.42. The predicted molar refractivity (Wildman–Crippen MR) is 40.4 cm³/mol. The minimum absolute atomic E-state index is 0.263. The molecule has 0 aliphatic carbocycles. The average molecular weight is 169 g/mol. The second-order valence-electron chi connectivity index (χ2n) is 2.40. The van der Waals surface area contributed by atoms with Gasteiger partial charge in [0.1, 0.15) is 5.82 Å². The number of halogens is 1. The summed E-state index contributed by atoms with van der Waals surface area (Å²) in [6.45, 7) is 1.59. The summed E-state index contributed by atoms with van der Waals surface area (Å²) in [4.78, 5) is 10.9. The van der Waals surface area contributed by atoms with Crippen LogP contribution in [0.3, 0.4) is 0 Å². The van der Waals surface area contributed by atoms with Crippen molar-refractivity contribution in [3.05, 3.63) is 35.1 Å². The van der Waals surface area contributed by atoms with E-state index in [1.807, 2.05) is 0 Å². The lowest BCUT2D eigenvalue weighted by Crippen LogP contribution is -2.19. The summed E-state index contributed by atoms with van der Waals surface area (Å²) in [6, 6.07) is 3.71. The highest BCUT2D eigenvalue weighted by Crippen LogP contribution is 2.09. The van der Waals surface area contributed by atoms with Crippen LogP contribution in [0.15, 0.2) is 18.2 Å².